The molecule has 0 aliphatic rings. The molecule has 0 aromatic rings. The van der Waals surface area contributed by atoms with Crippen LogP contribution in [-0.2, 0) is 0 Å². The number of rotatable bonds is 4. The second-order valence-electron chi connectivity index (χ2n) is 2.63. The summed E-state index contributed by atoms with van der Waals surface area (Å²) in [5.41, 5.74) is 0.839. The van der Waals surface area contributed by atoms with Crippen molar-refractivity contribution in [3.63, 3.8) is 0 Å². The summed E-state index contributed by atoms with van der Waals surface area (Å²) < 4.78 is 0. The van der Waals surface area contributed by atoms with E-state index >= 15 is 0 Å². The van der Waals surface area contributed by atoms with Crippen LogP contribution >= 0.6 is 0 Å². The fourth-order valence-electron chi connectivity index (χ4n) is 0.753. The van der Waals surface area contributed by atoms with Gasteiger partial charge in [-0.15, -0.1) is 5.76 Å². The van der Waals surface area contributed by atoms with Crippen molar-refractivity contribution in [2.45, 2.75) is 33.6 Å². The van der Waals surface area contributed by atoms with Gasteiger partial charge in [-0.05, 0) is 13.3 Å². The molecule has 0 atom stereocenters. The van der Waals surface area contributed by atoms with Crippen LogP contribution in [0, 0.1) is 0 Å². The van der Waals surface area contributed by atoms with E-state index in [1.165, 1.54) is 0 Å². The third kappa shape index (κ3) is 9.81. The maximum atomic E-state index is 10.6. The summed E-state index contributed by atoms with van der Waals surface area (Å²) in [4.78, 5) is 4.19. The van der Waals surface area contributed by atoms with E-state index in [0.29, 0.717) is 0 Å². The van der Waals surface area contributed by atoms with E-state index in [1.807, 2.05) is 6.92 Å². The van der Waals surface area contributed by atoms with Crippen LogP contribution in [0.5, 0.6) is 0 Å². The van der Waals surface area contributed by atoms with Crippen LogP contribution in [-0.4, -0.2) is 12.3 Å². The SMILES string of the molecule is CCCCN=C(C)/C=C(/C)[O-].[Li+]. The van der Waals surface area contributed by atoms with E-state index in [9.17, 15) is 5.11 Å². The van der Waals surface area contributed by atoms with Crippen LogP contribution in [0.25, 0.3) is 0 Å². The Morgan fingerprint density at radius 2 is 2.00 bits per heavy atom. The maximum Gasteiger partial charge on any atom is 1.00 e. The van der Waals surface area contributed by atoms with Gasteiger partial charge in [-0.25, -0.2) is 0 Å². The van der Waals surface area contributed by atoms with E-state index in [-0.39, 0.29) is 24.6 Å². The summed E-state index contributed by atoms with van der Waals surface area (Å²) in [6.45, 7) is 6.36. The van der Waals surface area contributed by atoms with Gasteiger partial charge in [-0.1, -0.05) is 26.3 Å². The molecule has 0 unspecified atom stereocenters. The standard InChI is InChI=1S/C9H17NO.Li/c1-4-5-6-10-8(2)7-9(3)11;/h7,11H,4-6H2,1-3H3;/q;+1/p-1/b9-7-,10-8?;. The minimum Gasteiger partial charge on any atom is -0.876 e. The second kappa shape index (κ2) is 8.90. The summed E-state index contributed by atoms with van der Waals surface area (Å²) >= 11 is 0. The third-order valence-electron chi connectivity index (χ3n) is 1.29. The summed E-state index contributed by atoms with van der Waals surface area (Å²) in [6.07, 6.45) is 3.82. The molecule has 0 bridgehead atoms. The van der Waals surface area contributed by atoms with Gasteiger partial charge in [0.25, 0.3) is 0 Å². The first-order valence-electron chi connectivity index (χ1n) is 4.03. The van der Waals surface area contributed by atoms with Crippen molar-refractivity contribution >= 4 is 5.71 Å². The van der Waals surface area contributed by atoms with E-state index in [4.69, 9.17) is 0 Å². The second-order valence-corrected chi connectivity index (χ2v) is 2.63. The summed E-state index contributed by atoms with van der Waals surface area (Å²) in [7, 11) is 0. The molecule has 12 heavy (non-hydrogen) atoms. The van der Waals surface area contributed by atoms with Gasteiger partial charge in [0.05, 0.1) is 0 Å². The molecule has 0 amide bonds. The predicted octanol–water partition coefficient (Wildman–Crippen LogP) is -1.48. The Kier molecular flexibility index (Phi) is 10.6. The van der Waals surface area contributed by atoms with Gasteiger partial charge < -0.3 is 5.11 Å². The molecule has 2 nitrogen and oxygen atoms in total. The molecule has 0 N–H and O–H groups in total. The molecular weight excluding hydrogens is 145 g/mol. The fourth-order valence-corrected chi connectivity index (χ4v) is 0.753. The Hall–Kier alpha value is -0.193. The zero-order chi connectivity index (χ0) is 8.69. The van der Waals surface area contributed by atoms with Crippen molar-refractivity contribution < 1.29 is 24.0 Å². The molecule has 64 valence electrons. The fraction of sp³-hybridized carbons (Fsp3) is 0.667. The maximum absolute atomic E-state index is 10.6. The zero-order valence-corrected chi connectivity index (χ0v) is 8.55. The smallest absolute Gasteiger partial charge is 0.876 e. The van der Waals surface area contributed by atoms with Gasteiger partial charge in [0.15, 0.2) is 0 Å². The van der Waals surface area contributed by atoms with Crippen LogP contribution in [0.2, 0.25) is 0 Å². The van der Waals surface area contributed by atoms with Crippen LogP contribution in [0.1, 0.15) is 33.6 Å². The number of allylic oxidation sites excluding steroid dienone is 2. The largest absolute Gasteiger partial charge is 1.00 e. The van der Waals surface area contributed by atoms with E-state index < -0.39 is 0 Å². The minimum atomic E-state index is 0. The first-order chi connectivity index (χ1) is 5.16. The van der Waals surface area contributed by atoms with Crippen LogP contribution < -0.4 is 24.0 Å². The topological polar surface area (TPSA) is 35.4 Å². The van der Waals surface area contributed by atoms with Crippen molar-refractivity contribution in [2.24, 2.45) is 4.99 Å². The van der Waals surface area contributed by atoms with Crippen molar-refractivity contribution in [1.29, 1.82) is 0 Å². The van der Waals surface area contributed by atoms with Gasteiger partial charge in [0.2, 0.25) is 0 Å². The van der Waals surface area contributed by atoms with E-state index in [2.05, 4.69) is 11.9 Å². The van der Waals surface area contributed by atoms with Crippen LogP contribution in [0.4, 0.5) is 0 Å². The van der Waals surface area contributed by atoms with Gasteiger partial charge in [-0.3, -0.25) is 4.99 Å². The average Bonchev–Trinajstić information content (AvgIpc) is 1.86. The number of hydrogen-bond donors (Lipinski definition) is 0. The summed E-state index contributed by atoms with van der Waals surface area (Å²) in [5, 5.41) is 10.6. The minimum absolute atomic E-state index is 0. The molecular formula is C9H16LiNO. The number of unbranched alkanes of at least 4 members (excludes halogenated alkanes) is 1. The van der Waals surface area contributed by atoms with Crippen LogP contribution in [0.15, 0.2) is 16.8 Å². The molecule has 0 aliphatic heterocycles. The molecule has 0 aromatic heterocycles. The molecule has 0 spiro atoms. The summed E-state index contributed by atoms with van der Waals surface area (Å²) in [6, 6.07) is 0. The van der Waals surface area contributed by atoms with E-state index in [1.54, 1.807) is 13.0 Å². The van der Waals surface area contributed by atoms with Gasteiger partial charge in [-0.2, -0.15) is 0 Å². The predicted molar refractivity (Wildman–Crippen MR) is 46.6 cm³/mol. The molecule has 3 heteroatoms. The average molecular weight is 161 g/mol. The Bertz CT molecular complexity index is 160. The van der Waals surface area contributed by atoms with Crippen molar-refractivity contribution in [2.75, 3.05) is 6.54 Å². The monoisotopic (exact) mass is 161 g/mol. The molecule has 0 aromatic carbocycles. The summed E-state index contributed by atoms with van der Waals surface area (Å²) in [5.74, 6) is 0.0720. The van der Waals surface area contributed by atoms with Crippen molar-refractivity contribution in [1.82, 2.24) is 0 Å². The molecule has 0 aliphatic carbocycles. The first kappa shape index (κ1) is 14.3. The van der Waals surface area contributed by atoms with Gasteiger partial charge in [0.1, 0.15) is 0 Å². The van der Waals surface area contributed by atoms with Gasteiger partial charge in [0, 0.05) is 12.3 Å². The van der Waals surface area contributed by atoms with Gasteiger partial charge >= 0.3 is 18.9 Å². The first-order valence-corrected chi connectivity index (χ1v) is 4.03. The zero-order valence-electron chi connectivity index (χ0n) is 8.55. The third-order valence-corrected chi connectivity index (χ3v) is 1.29. The molecule has 0 saturated heterocycles. The molecule has 0 heterocycles. The normalized spacial score (nSPS) is 12.6. The Morgan fingerprint density at radius 3 is 2.42 bits per heavy atom. The molecule has 0 saturated carbocycles. The number of aliphatic imine (C=N–C) groups is 1. The molecule has 0 radical (unpaired) electrons. The van der Waals surface area contributed by atoms with Crippen molar-refractivity contribution in [3.8, 4) is 0 Å². The Morgan fingerprint density at radius 1 is 1.42 bits per heavy atom. The Labute approximate surface area is 87.0 Å². The number of hydrogen-bond acceptors (Lipinski definition) is 2. The van der Waals surface area contributed by atoms with E-state index in [0.717, 1.165) is 25.1 Å². The van der Waals surface area contributed by atoms with Crippen molar-refractivity contribution in [3.05, 3.63) is 11.8 Å². The quantitative estimate of drug-likeness (QED) is 0.214. The van der Waals surface area contributed by atoms with Crippen LogP contribution in [0.3, 0.4) is 0 Å². The Balaban J connectivity index is 0. The molecule has 0 fully saturated rings. The number of nitrogens with zero attached hydrogens (tertiary/aromatic N) is 1. The molecule has 0 rings (SSSR count).